The minimum atomic E-state index is -4.67. The topological polar surface area (TPSA) is 89.3 Å². The number of hydrogen-bond acceptors (Lipinski definition) is 4. The highest BCUT2D eigenvalue weighted by Crippen LogP contribution is 2.21. The number of rotatable bonds is 5. The highest BCUT2D eigenvalue weighted by molar-refractivity contribution is 7.91. The van der Waals surface area contributed by atoms with E-state index in [9.17, 15) is 22.0 Å². The van der Waals surface area contributed by atoms with E-state index >= 15 is 0 Å². The number of carbonyl (C=O) groups excluding carboxylic acids is 1. The Bertz CT molecular complexity index is 567. The second kappa shape index (κ2) is 7.51. The predicted octanol–water partition coefficient (Wildman–Crippen LogP) is 1.64. The monoisotopic (exact) mass is 328 g/mol. The number of nitrogens with two attached hydrogens (primary N) is 1. The van der Waals surface area contributed by atoms with E-state index in [1.165, 1.54) is 12.1 Å². The van der Waals surface area contributed by atoms with E-state index in [4.69, 9.17) is 5.73 Å². The van der Waals surface area contributed by atoms with Crippen LogP contribution in [0.3, 0.4) is 0 Å². The first-order valence-electron chi connectivity index (χ1n) is 5.42. The van der Waals surface area contributed by atoms with Crippen molar-refractivity contribution in [1.82, 2.24) is 0 Å². The first-order valence-corrected chi connectivity index (χ1v) is 6.96. The highest BCUT2D eigenvalue weighted by Gasteiger charge is 2.26. The molecule has 114 valence electrons. The summed E-state index contributed by atoms with van der Waals surface area (Å²) in [6.07, 6.45) is 0. The van der Waals surface area contributed by atoms with Crippen molar-refractivity contribution in [3.05, 3.63) is 24.3 Å². The molecule has 0 radical (unpaired) electrons. The summed E-state index contributed by atoms with van der Waals surface area (Å²) in [7, 11) is -4.67. The van der Waals surface area contributed by atoms with Crippen LogP contribution in [0.4, 0.5) is 14.5 Å². The Labute approximate surface area is 121 Å². The fourth-order valence-corrected chi connectivity index (χ4v) is 1.99. The van der Waals surface area contributed by atoms with Crippen molar-refractivity contribution < 1.29 is 22.0 Å². The van der Waals surface area contributed by atoms with Crippen LogP contribution in [0.25, 0.3) is 0 Å². The van der Waals surface area contributed by atoms with Gasteiger partial charge >= 0.3 is 5.76 Å². The van der Waals surface area contributed by atoms with Gasteiger partial charge in [-0.25, -0.2) is 8.42 Å². The zero-order valence-corrected chi connectivity index (χ0v) is 12.2. The molecule has 0 fully saturated rings. The maximum atomic E-state index is 12.4. The number of amides is 1. The fraction of sp³-hybridized carbons (Fsp3) is 0.364. The lowest BCUT2D eigenvalue weighted by Gasteiger charge is -2.11. The first kappa shape index (κ1) is 18.8. The van der Waals surface area contributed by atoms with Gasteiger partial charge in [0.15, 0.2) is 0 Å². The van der Waals surface area contributed by atoms with Crippen LogP contribution in [-0.2, 0) is 14.6 Å². The van der Waals surface area contributed by atoms with Crippen molar-refractivity contribution in [1.29, 1.82) is 0 Å². The SMILES string of the molecule is CC(CN)C(=O)Nc1cccc(S(=O)(=O)C(F)F)c1.Cl. The van der Waals surface area contributed by atoms with E-state index in [2.05, 4.69) is 5.32 Å². The summed E-state index contributed by atoms with van der Waals surface area (Å²) >= 11 is 0. The summed E-state index contributed by atoms with van der Waals surface area (Å²) in [5.74, 6) is -4.37. The number of sulfone groups is 1. The second-order valence-electron chi connectivity index (χ2n) is 3.96. The highest BCUT2D eigenvalue weighted by atomic mass is 35.5. The number of anilines is 1. The zero-order chi connectivity index (χ0) is 14.6. The minimum absolute atomic E-state index is 0. The van der Waals surface area contributed by atoms with Crippen molar-refractivity contribution >= 4 is 33.8 Å². The number of halogens is 3. The van der Waals surface area contributed by atoms with Gasteiger partial charge in [-0.15, -0.1) is 12.4 Å². The van der Waals surface area contributed by atoms with Crippen LogP contribution in [0.2, 0.25) is 0 Å². The van der Waals surface area contributed by atoms with Gasteiger partial charge in [0, 0.05) is 18.2 Å². The van der Waals surface area contributed by atoms with Gasteiger partial charge in [-0.1, -0.05) is 13.0 Å². The molecular formula is C11H15ClF2N2O3S. The van der Waals surface area contributed by atoms with Crippen LogP contribution in [-0.4, -0.2) is 26.6 Å². The summed E-state index contributed by atoms with van der Waals surface area (Å²) < 4.78 is 47.3. The quantitative estimate of drug-likeness (QED) is 0.860. The number of alkyl halides is 2. The number of benzene rings is 1. The predicted molar refractivity (Wildman–Crippen MR) is 73.7 cm³/mol. The Morgan fingerprint density at radius 1 is 1.40 bits per heavy atom. The zero-order valence-electron chi connectivity index (χ0n) is 10.5. The Morgan fingerprint density at radius 3 is 2.50 bits per heavy atom. The van der Waals surface area contributed by atoms with Gasteiger partial charge in [0.05, 0.1) is 4.90 Å². The lowest BCUT2D eigenvalue weighted by Crippen LogP contribution is -2.26. The smallest absolute Gasteiger partial charge is 0.330 e. The molecule has 1 unspecified atom stereocenters. The molecule has 1 atom stereocenters. The van der Waals surface area contributed by atoms with Gasteiger partial charge in [-0.05, 0) is 18.2 Å². The summed E-state index contributed by atoms with van der Waals surface area (Å²) in [5.41, 5.74) is 5.44. The average molecular weight is 329 g/mol. The molecule has 0 bridgehead atoms. The third-order valence-corrected chi connectivity index (χ3v) is 3.85. The molecule has 0 saturated heterocycles. The third kappa shape index (κ3) is 4.39. The molecule has 1 aromatic carbocycles. The molecule has 20 heavy (non-hydrogen) atoms. The van der Waals surface area contributed by atoms with Crippen molar-refractivity contribution in [2.45, 2.75) is 17.6 Å². The lowest BCUT2D eigenvalue weighted by atomic mass is 10.1. The molecule has 1 amide bonds. The largest absolute Gasteiger partial charge is 0.341 e. The van der Waals surface area contributed by atoms with Crippen molar-refractivity contribution in [3.8, 4) is 0 Å². The van der Waals surface area contributed by atoms with Crippen LogP contribution >= 0.6 is 12.4 Å². The molecule has 0 aliphatic carbocycles. The molecule has 1 aromatic rings. The third-order valence-electron chi connectivity index (χ3n) is 2.47. The number of carbonyl (C=O) groups is 1. The Kier molecular flexibility index (Phi) is 7.04. The van der Waals surface area contributed by atoms with Crippen LogP contribution in [0.15, 0.2) is 29.2 Å². The number of nitrogens with one attached hydrogen (secondary N) is 1. The Hall–Kier alpha value is -1.25. The summed E-state index contributed by atoms with van der Waals surface area (Å²) in [6, 6.07) is 4.72. The van der Waals surface area contributed by atoms with E-state index in [1.54, 1.807) is 6.92 Å². The molecule has 0 saturated carbocycles. The Balaban J connectivity index is 0.00000361. The summed E-state index contributed by atoms with van der Waals surface area (Å²) in [4.78, 5) is 11.0. The molecule has 0 aromatic heterocycles. The molecule has 0 aliphatic heterocycles. The first-order chi connectivity index (χ1) is 8.78. The molecule has 3 N–H and O–H groups in total. The van der Waals surface area contributed by atoms with Gasteiger partial charge in [-0.2, -0.15) is 8.78 Å². The summed E-state index contributed by atoms with van der Waals surface area (Å²) in [5, 5.41) is 2.42. The maximum Gasteiger partial charge on any atom is 0.341 e. The minimum Gasteiger partial charge on any atom is -0.330 e. The molecular weight excluding hydrogens is 314 g/mol. The van der Waals surface area contributed by atoms with Gasteiger partial charge in [0.25, 0.3) is 0 Å². The van der Waals surface area contributed by atoms with Crippen molar-refractivity contribution in [2.75, 3.05) is 11.9 Å². The van der Waals surface area contributed by atoms with Gasteiger partial charge in [-0.3, -0.25) is 4.79 Å². The van der Waals surface area contributed by atoms with Gasteiger partial charge in [0.2, 0.25) is 15.7 Å². The summed E-state index contributed by atoms with van der Waals surface area (Å²) in [6.45, 7) is 1.72. The lowest BCUT2D eigenvalue weighted by molar-refractivity contribution is -0.119. The van der Waals surface area contributed by atoms with Crippen LogP contribution < -0.4 is 11.1 Å². The average Bonchev–Trinajstić information content (AvgIpc) is 2.37. The van der Waals surface area contributed by atoms with E-state index in [0.29, 0.717) is 0 Å². The standard InChI is InChI=1S/C11H14F2N2O3S.ClH/c1-7(6-14)10(16)15-8-3-2-4-9(5-8)19(17,18)11(12)13;/h2-5,7,11H,6,14H2,1H3,(H,15,16);1H. The van der Waals surface area contributed by atoms with E-state index in [0.717, 1.165) is 12.1 Å². The maximum absolute atomic E-state index is 12.4. The van der Waals surface area contributed by atoms with Crippen LogP contribution in [0.1, 0.15) is 6.92 Å². The second-order valence-corrected chi connectivity index (χ2v) is 5.88. The fourth-order valence-electron chi connectivity index (χ4n) is 1.23. The molecule has 9 heteroatoms. The molecule has 5 nitrogen and oxygen atoms in total. The normalized spacial score (nSPS) is 12.7. The number of hydrogen-bond donors (Lipinski definition) is 2. The molecule has 1 rings (SSSR count). The Morgan fingerprint density at radius 2 is 2.00 bits per heavy atom. The van der Waals surface area contributed by atoms with Gasteiger partial charge < -0.3 is 11.1 Å². The van der Waals surface area contributed by atoms with Crippen LogP contribution in [0.5, 0.6) is 0 Å². The van der Waals surface area contributed by atoms with E-state index in [-0.39, 0.29) is 24.6 Å². The van der Waals surface area contributed by atoms with Crippen LogP contribution in [0, 0.1) is 5.92 Å². The molecule has 0 aliphatic rings. The van der Waals surface area contributed by atoms with Crippen molar-refractivity contribution in [2.24, 2.45) is 11.7 Å². The van der Waals surface area contributed by atoms with Gasteiger partial charge in [0.1, 0.15) is 0 Å². The molecule has 0 heterocycles. The van der Waals surface area contributed by atoms with E-state index < -0.39 is 32.3 Å². The molecule has 0 spiro atoms. The van der Waals surface area contributed by atoms with Crippen molar-refractivity contribution in [3.63, 3.8) is 0 Å². The van der Waals surface area contributed by atoms with E-state index in [1.807, 2.05) is 0 Å².